The summed E-state index contributed by atoms with van der Waals surface area (Å²) in [5, 5.41) is 2.86. The van der Waals surface area contributed by atoms with Crippen molar-refractivity contribution in [1.29, 1.82) is 0 Å². The predicted molar refractivity (Wildman–Crippen MR) is 69.3 cm³/mol. The van der Waals surface area contributed by atoms with Gasteiger partial charge in [-0.15, -0.1) is 0 Å². The average Bonchev–Trinajstić information content (AvgIpc) is 2.19. The smallest absolute Gasteiger partial charge is 0.220 e. The number of rotatable bonds is 9. The molecule has 0 aliphatic heterocycles. The second kappa shape index (κ2) is 8.57. The molecule has 0 aliphatic rings. The molecule has 0 atom stereocenters. The first-order valence-corrected chi connectivity index (χ1v) is 6.51. The van der Waals surface area contributed by atoms with Gasteiger partial charge in [-0.05, 0) is 20.3 Å². The third-order valence-corrected chi connectivity index (χ3v) is 2.50. The first kappa shape index (κ1) is 15.4. The Morgan fingerprint density at radius 1 is 1.12 bits per heavy atom. The molecule has 0 aromatic carbocycles. The van der Waals surface area contributed by atoms with Crippen molar-refractivity contribution < 1.29 is 4.79 Å². The van der Waals surface area contributed by atoms with Crippen LogP contribution in [0.4, 0.5) is 0 Å². The van der Waals surface area contributed by atoms with Gasteiger partial charge in [0.15, 0.2) is 0 Å². The molecule has 0 aliphatic carbocycles. The minimum atomic E-state index is -0.309. The number of unbranched alkanes of at least 4 members (excludes halogenated alkanes) is 5. The zero-order valence-corrected chi connectivity index (χ0v) is 11.1. The van der Waals surface area contributed by atoms with Crippen LogP contribution in [-0.2, 0) is 4.79 Å². The molecule has 0 heterocycles. The standard InChI is InChI=1S/C13H28N2O/c1-4-5-6-7-8-9-10-12(16)15-11-13(2,3)14/h4-11,14H2,1-3H3,(H,15,16). The molecule has 0 aromatic heterocycles. The lowest BCUT2D eigenvalue weighted by atomic mass is 10.1. The molecule has 1 amide bonds. The Morgan fingerprint density at radius 2 is 1.69 bits per heavy atom. The summed E-state index contributed by atoms with van der Waals surface area (Å²) < 4.78 is 0. The molecule has 0 unspecified atom stereocenters. The van der Waals surface area contributed by atoms with Crippen molar-refractivity contribution >= 4 is 5.91 Å². The number of carbonyl (C=O) groups excluding carboxylic acids is 1. The van der Waals surface area contributed by atoms with Crippen molar-refractivity contribution in [2.45, 2.75) is 71.3 Å². The van der Waals surface area contributed by atoms with Crippen LogP contribution in [-0.4, -0.2) is 18.0 Å². The lowest BCUT2D eigenvalue weighted by Gasteiger charge is -2.18. The molecule has 0 rings (SSSR count). The van der Waals surface area contributed by atoms with E-state index in [1.54, 1.807) is 0 Å². The zero-order valence-electron chi connectivity index (χ0n) is 11.1. The monoisotopic (exact) mass is 228 g/mol. The molecule has 0 saturated carbocycles. The van der Waals surface area contributed by atoms with Crippen LogP contribution < -0.4 is 11.1 Å². The SMILES string of the molecule is CCCCCCCCC(=O)NCC(C)(C)N. The van der Waals surface area contributed by atoms with Gasteiger partial charge in [-0.3, -0.25) is 4.79 Å². The largest absolute Gasteiger partial charge is 0.354 e. The van der Waals surface area contributed by atoms with Gasteiger partial charge in [-0.1, -0.05) is 39.0 Å². The Hall–Kier alpha value is -0.570. The summed E-state index contributed by atoms with van der Waals surface area (Å²) in [4.78, 5) is 11.4. The second-order valence-corrected chi connectivity index (χ2v) is 5.28. The summed E-state index contributed by atoms with van der Waals surface area (Å²) in [6.45, 7) is 6.60. The Bertz CT molecular complexity index is 185. The van der Waals surface area contributed by atoms with Gasteiger partial charge in [0.25, 0.3) is 0 Å². The highest BCUT2D eigenvalue weighted by atomic mass is 16.1. The third kappa shape index (κ3) is 11.5. The predicted octanol–water partition coefficient (Wildman–Crippen LogP) is 2.59. The van der Waals surface area contributed by atoms with Gasteiger partial charge < -0.3 is 11.1 Å². The van der Waals surface area contributed by atoms with Crippen molar-refractivity contribution in [2.75, 3.05) is 6.54 Å². The van der Waals surface area contributed by atoms with E-state index in [9.17, 15) is 4.79 Å². The second-order valence-electron chi connectivity index (χ2n) is 5.28. The van der Waals surface area contributed by atoms with Crippen molar-refractivity contribution in [3.05, 3.63) is 0 Å². The fourth-order valence-corrected chi connectivity index (χ4v) is 1.48. The van der Waals surface area contributed by atoms with Crippen LogP contribution in [0.15, 0.2) is 0 Å². The Balaban J connectivity index is 3.31. The van der Waals surface area contributed by atoms with E-state index >= 15 is 0 Å². The van der Waals surface area contributed by atoms with Gasteiger partial charge in [-0.25, -0.2) is 0 Å². The zero-order chi connectivity index (χ0) is 12.4. The average molecular weight is 228 g/mol. The molecule has 3 heteroatoms. The van der Waals surface area contributed by atoms with E-state index < -0.39 is 0 Å². The molecule has 0 radical (unpaired) electrons. The Morgan fingerprint density at radius 3 is 2.25 bits per heavy atom. The number of hydrogen-bond donors (Lipinski definition) is 2. The highest BCUT2D eigenvalue weighted by Crippen LogP contribution is 2.06. The van der Waals surface area contributed by atoms with Crippen LogP contribution in [0.3, 0.4) is 0 Å². The van der Waals surface area contributed by atoms with Crippen LogP contribution in [0, 0.1) is 0 Å². The van der Waals surface area contributed by atoms with Gasteiger partial charge in [0.05, 0.1) is 0 Å². The lowest BCUT2D eigenvalue weighted by Crippen LogP contribution is -2.45. The number of hydrogen-bond acceptors (Lipinski definition) is 2. The molecule has 0 spiro atoms. The highest BCUT2D eigenvalue weighted by molar-refractivity contribution is 5.75. The van der Waals surface area contributed by atoms with Crippen molar-refractivity contribution in [3.8, 4) is 0 Å². The highest BCUT2D eigenvalue weighted by Gasteiger charge is 2.11. The van der Waals surface area contributed by atoms with Gasteiger partial charge >= 0.3 is 0 Å². The van der Waals surface area contributed by atoms with Gasteiger partial charge in [0.1, 0.15) is 0 Å². The van der Waals surface area contributed by atoms with E-state index in [2.05, 4.69) is 12.2 Å². The molecule has 0 bridgehead atoms. The summed E-state index contributed by atoms with van der Waals surface area (Å²) in [5.74, 6) is 0.133. The van der Waals surface area contributed by atoms with Crippen LogP contribution in [0.5, 0.6) is 0 Å². The molecule has 3 nitrogen and oxygen atoms in total. The fraction of sp³-hybridized carbons (Fsp3) is 0.923. The summed E-state index contributed by atoms with van der Waals surface area (Å²) in [7, 11) is 0. The fourth-order valence-electron chi connectivity index (χ4n) is 1.48. The van der Waals surface area contributed by atoms with Crippen molar-refractivity contribution in [2.24, 2.45) is 5.73 Å². The maximum Gasteiger partial charge on any atom is 0.220 e. The molecular weight excluding hydrogens is 200 g/mol. The maximum absolute atomic E-state index is 11.4. The number of nitrogens with two attached hydrogens (primary N) is 1. The topological polar surface area (TPSA) is 55.1 Å². The van der Waals surface area contributed by atoms with Crippen LogP contribution in [0.25, 0.3) is 0 Å². The molecule has 3 N–H and O–H groups in total. The summed E-state index contributed by atoms with van der Waals surface area (Å²) >= 11 is 0. The quantitative estimate of drug-likeness (QED) is 0.596. The van der Waals surface area contributed by atoms with Gasteiger partial charge in [-0.2, -0.15) is 0 Å². The van der Waals surface area contributed by atoms with Crippen LogP contribution in [0.2, 0.25) is 0 Å². The summed E-state index contributed by atoms with van der Waals surface area (Å²) in [5.41, 5.74) is 5.47. The summed E-state index contributed by atoms with van der Waals surface area (Å²) in [6, 6.07) is 0. The number of nitrogens with one attached hydrogen (secondary N) is 1. The molecule has 0 aromatic rings. The van der Waals surface area contributed by atoms with Crippen molar-refractivity contribution in [3.63, 3.8) is 0 Å². The van der Waals surface area contributed by atoms with E-state index in [1.165, 1.54) is 32.1 Å². The van der Waals surface area contributed by atoms with E-state index in [4.69, 9.17) is 5.73 Å². The normalized spacial score (nSPS) is 11.5. The Labute approximate surface area is 100 Å². The lowest BCUT2D eigenvalue weighted by molar-refractivity contribution is -0.121. The Kier molecular flexibility index (Phi) is 8.26. The summed E-state index contributed by atoms with van der Waals surface area (Å²) in [6.07, 6.45) is 7.94. The number of amides is 1. The van der Waals surface area contributed by atoms with Gasteiger partial charge in [0.2, 0.25) is 5.91 Å². The minimum Gasteiger partial charge on any atom is -0.354 e. The van der Waals surface area contributed by atoms with Gasteiger partial charge in [0, 0.05) is 18.5 Å². The first-order chi connectivity index (χ1) is 7.45. The van der Waals surface area contributed by atoms with E-state index in [1.807, 2.05) is 13.8 Å². The molecule has 96 valence electrons. The molecular formula is C13H28N2O. The van der Waals surface area contributed by atoms with E-state index in [0.717, 1.165) is 6.42 Å². The van der Waals surface area contributed by atoms with E-state index in [-0.39, 0.29) is 11.4 Å². The number of carbonyl (C=O) groups is 1. The molecule has 0 fully saturated rings. The molecule has 0 saturated heterocycles. The van der Waals surface area contributed by atoms with Crippen molar-refractivity contribution in [1.82, 2.24) is 5.32 Å². The first-order valence-electron chi connectivity index (χ1n) is 6.51. The maximum atomic E-state index is 11.4. The molecule has 16 heavy (non-hydrogen) atoms. The van der Waals surface area contributed by atoms with E-state index in [0.29, 0.717) is 13.0 Å². The van der Waals surface area contributed by atoms with Crippen LogP contribution in [0.1, 0.15) is 65.7 Å². The van der Waals surface area contributed by atoms with Crippen LogP contribution >= 0.6 is 0 Å². The third-order valence-electron chi connectivity index (χ3n) is 2.50. The minimum absolute atomic E-state index is 0.133.